The molecular weight excluding hydrogens is 382 g/mol. The van der Waals surface area contributed by atoms with Crippen molar-refractivity contribution in [1.29, 1.82) is 0 Å². The van der Waals surface area contributed by atoms with Crippen LogP contribution in [0.25, 0.3) is 0 Å². The van der Waals surface area contributed by atoms with Crippen LogP contribution < -0.4 is 4.72 Å². The molecule has 0 aliphatic carbocycles. The zero-order chi connectivity index (χ0) is 20.1. The average molecular weight is 403 g/mol. The van der Waals surface area contributed by atoms with Crippen molar-refractivity contribution in [3.8, 4) is 0 Å². The molecule has 1 aromatic heterocycles. The Morgan fingerprint density at radius 1 is 0.964 bits per heavy atom. The van der Waals surface area contributed by atoms with Crippen LogP contribution in [0, 0.1) is 0 Å². The molecule has 0 saturated carbocycles. The number of benzene rings is 1. The third kappa shape index (κ3) is 5.03. The van der Waals surface area contributed by atoms with Crippen molar-refractivity contribution < 1.29 is 18.0 Å². The summed E-state index contributed by atoms with van der Waals surface area (Å²) in [5, 5.41) is 0. The number of anilines is 1. The van der Waals surface area contributed by atoms with Crippen molar-refractivity contribution in [2.24, 2.45) is 0 Å². The van der Waals surface area contributed by atoms with Gasteiger partial charge in [0.2, 0.25) is 10.0 Å². The van der Waals surface area contributed by atoms with Gasteiger partial charge in [0.1, 0.15) is 5.69 Å². The van der Waals surface area contributed by atoms with Crippen molar-refractivity contribution in [1.82, 2.24) is 19.8 Å². The normalized spacial score (nSPS) is 15.0. The zero-order valence-corrected chi connectivity index (χ0v) is 16.2. The standard InChI is InChI=1S/C18H21N5O4S/c1-28(26,27)21-15-5-3-14(4-6-15)17(24)22-9-2-10-23(12-11-22)18(25)16-13-19-7-8-20-16/h3-8,13,21H,2,9-12H2,1H3. The Morgan fingerprint density at radius 3 is 2.18 bits per heavy atom. The van der Waals surface area contributed by atoms with Crippen LogP contribution >= 0.6 is 0 Å². The van der Waals surface area contributed by atoms with E-state index in [4.69, 9.17) is 0 Å². The lowest BCUT2D eigenvalue weighted by molar-refractivity contribution is 0.0715. The van der Waals surface area contributed by atoms with E-state index in [-0.39, 0.29) is 17.5 Å². The fourth-order valence-electron chi connectivity index (χ4n) is 2.97. The van der Waals surface area contributed by atoms with E-state index >= 15 is 0 Å². The molecule has 0 radical (unpaired) electrons. The molecule has 1 saturated heterocycles. The summed E-state index contributed by atoms with van der Waals surface area (Å²) in [7, 11) is -3.37. The summed E-state index contributed by atoms with van der Waals surface area (Å²) < 4.78 is 24.9. The molecule has 0 spiro atoms. The van der Waals surface area contributed by atoms with Crippen LogP contribution in [0.3, 0.4) is 0 Å². The number of nitrogens with one attached hydrogen (secondary N) is 1. The summed E-state index contributed by atoms with van der Waals surface area (Å²) >= 11 is 0. The van der Waals surface area contributed by atoms with Gasteiger partial charge in [-0.15, -0.1) is 0 Å². The lowest BCUT2D eigenvalue weighted by atomic mass is 10.2. The predicted octanol–water partition coefficient (Wildman–Crippen LogP) is 0.836. The van der Waals surface area contributed by atoms with Crippen LogP contribution in [0.2, 0.25) is 0 Å². The Kier molecular flexibility index (Phi) is 5.88. The van der Waals surface area contributed by atoms with Gasteiger partial charge < -0.3 is 9.80 Å². The van der Waals surface area contributed by atoms with E-state index in [0.717, 1.165) is 6.26 Å². The second-order valence-corrected chi connectivity index (χ2v) is 8.23. The molecule has 2 heterocycles. The van der Waals surface area contributed by atoms with Crippen molar-refractivity contribution >= 4 is 27.5 Å². The van der Waals surface area contributed by atoms with Crippen molar-refractivity contribution in [3.05, 3.63) is 54.1 Å². The van der Waals surface area contributed by atoms with Gasteiger partial charge in [-0.2, -0.15) is 0 Å². The highest BCUT2D eigenvalue weighted by atomic mass is 32.2. The van der Waals surface area contributed by atoms with E-state index in [0.29, 0.717) is 43.9 Å². The van der Waals surface area contributed by atoms with Crippen molar-refractivity contribution in [3.63, 3.8) is 0 Å². The number of aromatic nitrogens is 2. The Labute approximate surface area is 163 Å². The molecule has 1 aliphatic heterocycles. The van der Waals surface area contributed by atoms with Gasteiger partial charge in [0.25, 0.3) is 11.8 Å². The fourth-order valence-corrected chi connectivity index (χ4v) is 3.54. The number of rotatable bonds is 4. The molecule has 10 heteroatoms. The monoisotopic (exact) mass is 403 g/mol. The van der Waals surface area contributed by atoms with Gasteiger partial charge >= 0.3 is 0 Å². The predicted molar refractivity (Wildman–Crippen MR) is 103 cm³/mol. The average Bonchev–Trinajstić information content (AvgIpc) is 2.93. The van der Waals surface area contributed by atoms with Gasteiger partial charge in [-0.25, -0.2) is 13.4 Å². The molecule has 1 aromatic carbocycles. The van der Waals surface area contributed by atoms with E-state index < -0.39 is 10.0 Å². The van der Waals surface area contributed by atoms with E-state index in [9.17, 15) is 18.0 Å². The van der Waals surface area contributed by atoms with E-state index in [2.05, 4.69) is 14.7 Å². The quantitative estimate of drug-likeness (QED) is 0.809. The lowest BCUT2D eigenvalue weighted by Crippen LogP contribution is -2.37. The fraction of sp³-hybridized carbons (Fsp3) is 0.333. The summed E-state index contributed by atoms with van der Waals surface area (Å²) in [5.74, 6) is -0.349. The molecule has 0 bridgehead atoms. The molecule has 1 fully saturated rings. The van der Waals surface area contributed by atoms with Crippen LogP contribution in [0.1, 0.15) is 27.3 Å². The SMILES string of the molecule is CS(=O)(=O)Nc1ccc(C(=O)N2CCCN(C(=O)c3cnccn3)CC2)cc1. The molecule has 2 amide bonds. The first-order valence-corrected chi connectivity index (χ1v) is 10.6. The highest BCUT2D eigenvalue weighted by Gasteiger charge is 2.24. The van der Waals surface area contributed by atoms with Gasteiger partial charge in [-0.05, 0) is 30.7 Å². The van der Waals surface area contributed by atoms with Crippen LogP contribution in [0.15, 0.2) is 42.9 Å². The molecule has 0 unspecified atom stereocenters. The van der Waals surface area contributed by atoms with Crippen LogP contribution in [-0.2, 0) is 10.0 Å². The minimum Gasteiger partial charge on any atom is -0.337 e. The highest BCUT2D eigenvalue weighted by molar-refractivity contribution is 7.92. The summed E-state index contributed by atoms with van der Waals surface area (Å²) in [6, 6.07) is 6.28. The Balaban J connectivity index is 1.63. The summed E-state index contributed by atoms with van der Waals surface area (Å²) in [5.41, 5.74) is 1.15. The first-order chi connectivity index (χ1) is 13.3. The van der Waals surface area contributed by atoms with Crippen molar-refractivity contribution in [2.75, 3.05) is 37.2 Å². The Morgan fingerprint density at radius 2 is 1.61 bits per heavy atom. The molecule has 9 nitrogen and oxygen atoms in total. The van der Waals surface area contributed by atoms with E-state index in [1.165, 1.54) is 18.6 Å². The minimum absolute atomic E-state index is 0.153. The number of hydrogen-bond donors (Lipinski definition) is 1. The Hall–Kier alpha value is -3.01. The van der Waals surface area contributed by atoms with E-state index in [1.807, 2.05) is 0 Å². The number of sulfonamides is 1. The maximum atomic E-state index is 12.8. The van der Waals surface area contributed by atoms with Gasteiger partial charge in [0.05, 0.1) is 12.5 Å². The number of carbonyl (C=O) groups excluding carboxylic acids is 2. The smallest absolute Gasteiger partial charge is 0.274 e. The summed E-state index contributed by atoms with van der Waals surface area (Å²) in [6.45, 7) is 1.89. The topological polar surface area (TPSA) is 113 Å². The van der Waals surface area contributed by atoms with Gasteiger partial charge in [-0.3, -0.25) is 19.3 Å². The largest absolute Gasteiger partial charge is 0.337 e. The summed E-state index contributed by atoms with van der Waals surface area (Å²) in [6.07, 6.45) is 6.14. The number of carbonyl (C=O) groups is 2. The van der Waals surface area contributed by atoms with Gasteiger partial charge in [-0.1, -0.05) is 0 Å². The first kappa shape index (κ1) is 19.7. The molecular formula is C18H21N5O4S. The second-order valence-electron chi connectivity index (χ2n) is 6.48. The molecule has 1 aliphatic rings. The Bertz CT molecular complexity index is 948. The maximum Gasteiger partial charge on any atom is 0.274 e. The molecule has 2 aromatic rings. The van der Waals surface area contributed by atoms with Crippen molar-refractivity contribution in [2.45, 2.75) is 6.42 Å². The molecule has 1 N–H and O–H groups in total. The molecule has 0 atom stereocenters. The molecule has 28 heavy (non-hydrogen) atoms. The molecule has 3 rings (SSSR count). The van der Waals surface area contributed by atoms with Crippen LogP contribution in [0.4, 0.5) is 5.69 Å². The third-order valence-corrected chi connectivity index (χ3v) is 4.89. The van der Waals surface area contributed by atoms with E-state index in [1.54, 1.807) is 34.1 Å². The number of amides is 2. The maximum absolute atomic E-state index is 12.8. The van der Waals surface area contributed by atoms with Gasteiger partial charge in [0, 0.05) is 49.8 Å². The minimum atomic E-state index is -3.37. The summed E-state index contributed by atoms with van der Waals surface area (Å²) in [4.78, 5) is 36.6. The van der Waals surface area contributed by atoms with Gasteiger partial charge in [0.15, 0.2) is 0 Å². The van der Waals surface area contributed by atoms with Crippen LogP contribution in [0.5, 0.6) is 0 Å². The second kappa shape index (κ2) is 8.34. The highest BCUT2D eigenvalue weighted by Crippen LogP contribution is 2.15. The molecule has 148 valence electrons. The third-order valence-electron chi connectivity index (χ3n) is 4.29. The lowest BCUT2D eigenvalue weighted by Gasteiger charge is -2.22. The number of nitrogens with zero attached hydrogens (tertiary/aromatic N) is 4. The number of hydrogen-bond acceptors (Lipinski definition) is 6. The zero-order valence-electron chi connectivity index (χ0n) is 15.4. The first-order valence-electron chi connectivity index (χ1n) is 8.76. The van der Waals surface area contributed by atoms with Crippen LogP contribution in [-0.4, -0.2) is 72.4 Å².